The molecule has 0 aromatic heterocycles. The van der Waals surface area contributed by atoms with Crippen molar-refractivity contribution in [2.45, 2.75) is 13.3 Å². The second-order valence-electron chi connectivity index (χ2n) is 3.96. The molecule has 1 aromatic rings. The molecule has 1 aliphatic heterocycles. The fourth-order valence-corrected chi connectivity index (χ4v) is 1.97. The highest BCUT2D eigenvalue weighted by molar-refractivity contribution is 5.99. The fourth-order valence-electron chi connectivity index (χ4n) is 1.97. The summed E-state index contributed by atoms with van der Waals surface area (Å²) in [6.07, 6.45) is 0.358. The molecule has 1 heterocycles. The van der Waals surface area contributed by atoms with Gasteiger partial charge in [0.1, 0.15) is 11.6 Å². The van der Waals surface area contributed by atoms with Crippen molar-refractivity contribution < 1.29 is 9.53 Å². The molecule has 0 saturated heterocycles. The van der Waals surface area contributed by atoms with Gasteiger partial charge in [-0.05, 0) is 13.0 Å². The van der Waals surface area contributed by atoms with Crippen molar-refractivity contribution in [2.75, 3.05) is 20.2 Å². The van der Waals surface area contributed by atoms with Crippen molar-refractivity contribution >= 4 is 11.7 Å². The van der Waals surface area contributed by atoms with Gasteiger partial charge in [0.25, 0.3) is 0 Å². The zero-order valence-electron chi connectivity index (χ0n) is 10.1. The van der Waals surface area contributed by atoms with E-state index in [1.165, 1.54) is 0 Å². The summed E-state index contributed by atoms with van der Waals surface area (Å²) in [6.45, 7) is 3.27. The third-order valence-electron chi connectivity index (χ3n) is 2.89. The number of aliphatic imine (C=N–C) groups is 1. The molecule has 0 aliphatic carbocycles. The molecule has 1 amide bonds. The van der Waals surface area contributed by atoms with Gasteiger partial charge >= 0.3 is 0 Å². The second kappa shape index (κ2) is 4.99. The van der Waals surface area contributed by atoms with Crippen LogP contribution in [0.4, 0.5) is 0 Å². The maximum absolute atomic E-state index is 12.1. The van der Waals surface area contributed by atoms with Crippen molar-refractivity contribution in [3.63, 3.8) is 0 Å². The maximum atomic E-state index is 12.1. The number of methoxy groups -OCH3 is 1. The standard InChI is InChI=1S/C13H16N2O2/c1-10-14-7-8-15(10)13(16)9-11-5-3-4-6-12(11)17-2/h3-6H,7-9H2,1-2H3. The fraction of sp³-hybridized carbons (Fsp3) is 0.385. The number of carbonyl (C=O) groups excluding carboxylic acids is 1. The highest BCUT2D eigenvalue weighted by atomic mass is 16.5. The molecule has 0 radical (unpaired) electrons. The molecule has 0 unspecified atom stereocenters. The van der Waals surface area contributed by atoms with Crippen LogP contribution in [0.25, 0.3) is 0 Å². The topological polar surface area (TPSA) is 41.9 Å². The minimum absolute atomic E-state index is 0.0771. The van der Waals surface area contributed by atoms with Crippen LogP contribution in [0.1, 0.15) is 12.5 Å². The van der Waals surface area contributed by atoms with Crippen LogP contribution in [0, 0.1) is 0 Å². The normalized spacial score (nSPS) is 14.7. The van der Waals surface area contributed by atoms with Crippen molar-refractivity contribution in [1.82, 2.24) is 4.90 Å². The molecule has 4 nitrogen and oxygen atoms in total. The van der Waals surface area contributed by atoms with Gasteiger partial charge in [-0.25, -0.2) is 0 Å². The minimum atomic E-state index is 0.0771. The molecular formula is C13H16N2O2. The Hall–Kier alpha value is -1.84. The molecule has 0 saturated carbocycles. The van der Waals surface area contributed by atoms with Gasteiger partial charge in [-0.15, -0.1) is 0 Å². The number of carbonyl (C=O) groups is 1. The number of hydrogen-bond donors (Lipinski definition) is 0. The molecule has 17 heavy (non-hydrogen) atoms. The van der Waals surface area contributed by atoms with Crippen LogP contribution in [-0.4, -0.2) is 36.8 Å². The highest BCUT2D eigenvalue weighted by Crippen LogP contribution is 2.19. The SMILES string of the molecule is COc1ccccc1CC(=O)N1CCN=C1C. The largest absolute Gasteiger partial charge is 0.496 e. The summed E-state index contributed by atoms with van der Waals surface area (Å²) in [7, 11) is 1.62. The summed E-state index contributed by atoms with van der Waals surface area (Å²) in [4.78, 5) is 18.0. The van der Waals surface area contributed by atoms with E-state index in [4.69, 9.17) is 4.74 Å². The van der Waals surface area contributed by atoms with Crippen LogP contribution in [0.2, 0.25) is 0 Å². The van der Waals surface area contributed by atoms with Crippen LogP contribution in [0.3, 0.4) is 0 Å². The lowest BCUT2D eigenvalue weighted by atomic mass is 10.1. The zero-order valence-corrected chi connectivity index (χ0v) is 10.1. The van der Waals surface area contributed by atoms with Gasteiger partial charge in [0.15, 0.2) is 0 Å². The number of rotatable bonds is 3. The lowest BCUT2D eigenvalue weighted by Gasteiger charge is -2.16. The lowest BCUT2D eigenvalue weighted by molar-refractivity contribution is -0.126. The number of benzene rings is 1. The third-order valence-corrected chi connectivity index (χ3v) is 2.89. The number of para-hydroxylation sites is 1. The van der Waals surface area contributed by atoms with Gasteiger partial charge in [0.2, 0.25) is 5.91 Å². The van der Waals surface area contributed by atoms with E-state index >= 15 is 0 Å². The number of amidine groups is 1. The molecule has 0 bridgehead atoms. The molecule has 2 rings (SSSR count). The quantitative estimate of drug-likeness (QED) is 0.792. The summed E-state index contributed by atoms with van der Waals surface area (Å²) < 4.78 is 5.23. The van der Waals surface area contributed by atoms with E-state index in [-0.39, 0.29) is 5.91 Å². The number of hydrogen-bond acceptors (Lipinski definition) is 3. The number of nitrogens with zero attached hydrogens (tertiary/aromatic N) is 2. The van der Waals surface area contributed by atoms with Crippen LogP contribution >= 0.6 is 0 Å². The van der Waals surface area contributed by atoms with Crippen LogP contribution in [0.5, 0.6) is 5.75 Å². The summed E-state index contributed by atoms with van der Waals surface area (Å²) in [5.74, 6) is 1.65. The third kappa shape index (κ3) is 2.46. The minimum Gasteiger partial charge on any atom is -0.496 e. The summed E-state index contributed by atoms with van der Waals surface area (Å²) >= 11 is 0. The molecule has 0 fully saturated rings. The average molecular weight is 232 g/mol. The first-order chi connectivity index (χ1) is 8.22. The first kappa shape index (κ1) is 11.6. The molecule has 4 heteroatoms. The van der Waals surface area contributed by atoms with Gasteiger partial charge in [-0.1, -0.05) is 18.2 Å². The highest BCUT2D eigenvalue weighted by Gasteiger charge is 2.21. The predicted molar refractivity (Wildman–Crippen MR) is 66.4 cm³/mol. The Balaban J connectivity index is 2.10. The van der Waals surface area contributed by atoms with Crippen molar-refractivity contribution in [2.24, 2.45) is 4.99 Å². The Morgan fingerprint density at radius 3 is 2.88 bits per heavy atom. The summed E-state index contributed by atoms with van der Waals surface area (Å²) in [5.41, 5.74) is 0.916. The van der Waals surface area contributed by atoms with E-state index < -0.39 is 0 Å². The molecule has 0 N–H and O–H groups in total. The van der Waals surface area contributed by atoms with E-state index in [0.717, 1.165) is 17.1 Å². The van der Waals surface area contributed by atoms with Gasteiger partial charge in [-0.2, -0.15) is 0 Å². The van der Waals surface area contributed by atoms with Gasteiger partial charge in [-0.3, -0.25) is 14.7 Å². The molecule has 90 valence electrons. The summed E-state index contributed by atoms with van der Waals surface area (Å²) in [5, 5.41) is 0. The molecule has 0 spiro atoms. The van der Waals surface area contributed by atoms with Crippen molar-refractivity contribution in [3.8, 4) is 5.75 Å². The van der Waals surface area contributed by atoms with Crippen molar-refractivity contribution in [1.29, 1.82) is 0 Å². The van der Waals surface area contributed by atoms with Gasteiger partial charge in [0, 0.05) is 12.1 Å². The number of amides is 1. The predicted octanol–water partition coefficient (Wildman–Crippen LogP) is 1.50. The first-order valence-electron chi connectivity index (χ1n) is 5.65. The molecule has 1 aromatic carbocycles. The van der Waals surface area contributed by atoms with Gasteiger partial charge in [0.05, 0.1) is 20.1 Å². The first-order valence-corrected chi connectivity index (χ1v) is 5.65. The van der Waals surface area contributed by atoms with Crippen LogP contribution in [-0.2, 0) is 11.2 Å². The Morgan fingerprint density at radius 2 is 2.24 bits per heavy atom. The van der Waals surface area contributed by atoms with E-state index in [0.29, 0.717) is 19.5 Å². The van der Waals surface area contributed by atoms with Crippen LogP contribution < -0.4 is 4.74 Å². The lowest BCUT2D eigenvalue weighted by Crippen LogP contribution is -2.34. The smallest absolute Gasteiger partial charge is 0.232 e. The second-order valence-corrected chi connectivity index (χ2v) is 3.96. The zero-order chi connectivity index (χ0) is 12.3. The maximum Gasteiger partial charge on any atom is 0.232 e. The Kier molecular flexibility index (Phi) is 3.42. The Morgan fingerprint density at radius 1 is 1.47 bits per heavy atom. The molecule has 1 aliphatic rings. The average Bonchev–Trinajstić information content (AvgIpc) is 2.76. The van der Waals surface area contributed by atoms with E-state index in [1.807, 2.05) is 31.2 Å². The molecule has 0 atom stereocenters. The van der Waals surface area contributed by atoms with E-state index in [2.05, 4.69) is 4.99 Å². The molecular weight excluding hydrogens is 216 g/mol. The van der Waals surface area contributed by atoms with E-state index in [9.17, 15) is 4.79 Å². The van der Waals surface area contributed by atoms with Crippen molar-refractivity contribution in [3.05, 3.63) is 29.8 Å². The summed E-state index contributed by atoms with van der Waals surface area (Å²) in [6, 6.07) is 7.60. The Bertz CT molecular complexity index is 454. The number of ether oxygens (including phenoxy) is 1. The Labute approximate surface area is 101 Å². The van der Waals surface area contributed by atoms with Gasteiger partial charge < -0.3 is 4.74 Å². The monoisotopic (exact) mass is 232 g/mol. The van der Waals surface area contributed by atoms with E-state index in [1.54, 1.807) is 12.0 Å². The van der Waals surface area contributed by atoms with Crippen LogP contribution in [0.15, 0.2) is 29.3 Å².